The summed E-state index contributed by atoms with van der Waals surface area (Å²) in [6, 6.07) is 6.02. The first-order valence-corrected chi connectivity index (χ1v) is 8.74. The lowest BCUT2D eigenvalue weighted by Gasteiger charge is -2.34. The fraction of sp³-hybridized carbons (Fsp3) is 0.500. The van der Waals surface area contributed by atoms with Crippen LogP contribution in [-0.2, 0) is 0 Å². The molecule has 0 bridgehead atoms. The van der Waals surface area contributed by atoms with E-state index < -0.39 is 0 Å². The van der Waals surface area contributed by atoms with Crippen LogP contribution in [0.2, 0.25) is 0 Å². The number of nitrogens with one attached hydrogen (secondary N) is 1. The van der Waals surface area contributed by atoms with Crippen LogP contribution in [0.3, 0.4) is 0 Å². The Hall–Kier alpha value is -2.25. The van der Waals surface area contributed by atoms with E-state index in [-0.39, 0.29) is 23.1 Å². The minimum absolute atomic E-state index is 0.0842. The summed E-state index contributed by atoms with van der Waals surface area (Å²) in [6.45, 7) is 5.82. The van der Waals surface area contributed by atoms with Gasteiger partial charge in [-0.05, 0) is 32.5 Å². The summed E-state index contributed by atoms with van der Waals surface area (Å²) >= 11 is 0. The second-order valence-corrected chi connectivity index (χ2v) is 7.15. The molecule has 0 aromatic carbocycles. The van der Waals surface area contributed by atoms with Crippen LogP contribution >= 0.6 is 0 Å². The van der Waals surface area contributed by atoms with Crippen molar-refractivity contribution in [1.29, 1.82) is 0 Å². The number of hydrogen-bond donors (Lipinski definition) is 1. The van der Waals surface area contributed by atoms with Gasteiger partial charge in [0.2, 0.25) is 0 Å². The molecule has 2 atom stereocenters. The van der Waals surface area contributed by atoms with Gasteiger partial charge in [-0.1, -0.05) is 6.07 Å². The Morgan fingerprint density at radius 2 is 2.12 bits per heavy atom. The lowest BCUT2D eigenvalue weighted by Crippen LogP contribution is -2.48. The molecule has 1 amide bonds. The molecule has 2 aromatic rings. The Kier molecular flexibility index (Phi) is 4.05. The fourth-order valence-electron chi connectivity index (χ4n) is 4.00. The average molecular weight is 341 g/mol. The van der Waals surface area contributed by atoms with Crippen molar-refractivity contribution in [3.63, 3.8) is 0 Å². The zero-order valence-electron chi connectivity index (χ0n) is 14.6. The van der Waals surface area contributed by atoms with Crippen molar-refractivity contribution in [3.05, 3.63) is 46.0 Å². The quantitative estimate of drug-likeness (QED) is 0.840. The molecule has 2 aliphatic rings. The molecular weight excluding hydrogens is 318 g/mol. The number of carbonyl (C=O) groups is 1. The van der Waals surface area contributed by atoms with E-state index >= 15 is 0 Å². The van der Waals surface area contributed by atoms with Crippen molar-refractivity contribution in [2.24, 2.45) is 0 Å². The van der Waals surface area contributed by atoms with Crippen LogP contribution in [0.25, 0.3) is 5.65 Å². The minimum Gasteiger partial charge on any atom is -0.348 e. The Morgan fingerprint density at radius 1 is 1.28 bits per heavy atom. The number of aromatic nitrogens is 2. The molecule has 7 nitrogen and oxygen atoms in total. The maximum atomic E-state index is 12.7. The molecule has 0 aliphatic carbocycles. The van der Waals surface area contributed by atoms with Gasteiger partial charge in [0.1, 0.15) is 11.2 Å². The molecule has 4 rings (SSSR count). The molecule has 1 N–H and O–H groups in total. The summed E-state index contributed by atoms with van der Waals surface area (Å²) in [4.78, 5) is 34.4. The highest BCUT2D eigenvalue weighted by atomic mass is 16.2. The van der Waals surface area contributed by atoms with Crippen LogP contribution in [0.1, 0.15) is 22.5 Å². The summed E-state index contributed by atoms with van der Waals surface area (Å²) in [7, 11) is 2.13. The predicted octanol–water partition coefficient (Wildman–Crippen LogP) is 0.121. The van der Waals surface area contributed by atoms with Crippen molar-refractivity contribution in [3.8, 4) is 0 Å². The van der Waals surface area contributed by atoms with E-state index in [0.717, 1.165) is 38.3 Å². The molecular formula is C18H23N5O2. The lowest BCUT2D eigenvalue weighted by molar-refractivity contribution is 0.0934. The highest BCUT2D eigenvalue weighted by Crippen LogP contribution is 2.21. The summed E-state index contributed by atoms with van der Waals surface area (Å²) in [5, 5.41) is 3.04. The molecule has 4 heterocycles. The van der Waals surface area contributed by atoms with E-state index in [0.29, 0.717) is 11.7 Å². The van der Waals surface area contributed by atoms with Crippen molar-refractivity contribution in [2.45, 2.75) is 25.4 Å². The number of likely N-dealkylation sites (N-methyl/N-ethyl adjacent to an activating group) is 1. The zero-order chi connectivity index (χ0) is 17.6. The van der Waals surface area contributed by atoms with Crippen LogP contribution in [0.4, 0.5) is 0 Å². The molecule has 7 heteroatoms. The number of rotatable bonds is 2. The number of aryl methyl sites for hydroxylation is 1. The van der Waals surface area contributed by atoms with Crippen molar-refractivity contribution < 1.29 is 4.79 Å². The first-order valence-electron chi connectivity index (χ1n) is 8.74. The number of amides is 1. The third kappa shape index (κ3) is 2.94. The van der Waals surface area contributed by atoms with Crippen LogP contribution in [0.5, 0.6) is 0 Å². The Balaban J connectivity index is 1.54. The normalized spacial score (nSPS) is 24.4. The molecule has 0 radical (unpaired) electrons. The van der Waals surface area contributed by atoms with E-state index in [4.69, 9.17) is 0 Å². The number of carbonyl (C=O) groups excluding carboxylic acids is 1. The molecule has 2 aliphatic heterocycles. The summed E-state index contributed by atoms with van der Waals surface area (Å²) < 4.78 is 1.49. The predicted molar refractivity (Wildman–Crippen MR) is 94.9 cm³/mol. The molecule has 0 unspecified atom stereocenters. The number of nitrogens with zero attached hydrogens (tertiary/aromatic N) is 4. The summed E-state index contributed by atoms with van der Waals surface area (Å²) in [5.74, 6) is -0.326. The van der Waals surface area contributed by atoms with Crippen LogP contribution in [0, 0.1) is 6.92 Å². The van der Waals surface area contributed by atoms with E-state index in [1.54, 1.807) is 6.07 Å². The van der Waals surface area contributed by atoms with E-state index in [1.165, 1.54) is 10.6 Å². The van der Waals surface area contributed by atoms with Gasteiger partial charge in [0.25, 0.3) is 11.5 Å². The average Bonchev–Trinajstić information content (AvgIpc) is 2.96. The second kappa shape index (κ2) is 6.24. The second-order valence-electron chi connectivity index (χ2n) is 7.15. The maximum absolute atomic E-state index is 12.7. The fourth-order valence-corrected chi connectivity index (χ4v) is 4.00. The van der Waals surface area contributed by atoms with Crippen molar-refractivity contribution in [2.75, 3.05) is 33.2 Å². The maximum Gasteiger partial charge on any atom is 0.270 e. The van der Waals surface area contributed by atoms with Crippen LogP contribution in [0.15, 0.2) is 29.2 Å². The van der Waals surface area contributed by atoms with Gasteiger partial charge in [-0.25, -0.2) is 4.98 Å². The largest absolute Gasteiger partial charge is 0.348 e. The zero-order valence-corrected chi connectivity index (χ0v) is 14.6. The van der Waals surface area contributed by atoms with Crippen molar-refractivity contribution >= 4 is 11.6 Å². The van der Waals surface area contributed by atoms with Gasteiger partial charge < -0.3 is 10.2 Å². The first-order chi connectivity index (χ1) is 12.0. The number of hydrogen-bond acceptors (Lipinski definition) is 5. The van der Waals surface area contributed by atoms with Crippen LogP contribution < -0.4 is 10.9 Å². The third-order valence-electron chi connectivity index (χ3n) is 5.32. The minimum atomic E-state index is -0.326. The molecule has 2 fully saturated rings. The highest BCUT2D eigenvalue weighted by molar-refractivity contribution is 5.94. The van der Waals surface area contributed by atoms with Gasteiger partial charge in [-0.2, -0.15) is 0 Å². The van der Waals surface area contributed by atoms with E-state index in [2.05, 4.69) is 27.1 Å². The van der Waals surface area contributed by atoms with Gasteiger partial charge in [0, 0.05) is 50.2 Å². The standard InChI is InChI=1S/C18H23N5O2/c1-12-4-3-5-16-19-9-15(18(25)23(12)16)17(24)20-13-8-14-11-21(2)6-7-22(14)10-13/h3-5,9,13-14H,6-8,10-11H2,1-2H3,(H,20,24)/t13-,14-/m0/s1. The van der Waals surface area contributed by atoms with Gasteiger partial charge in [0.05, 0.1) is 0 Å². The van der Waals surface area contributed by atoms with E-state index in [1.807, 2.05) is 19.1 Å². The summed E-state index contributed by atoms with van der Waals surface area (Å²) in [5.41, 5.74) is 1.12. The molecule has 2 aromatic heterocycles. The van der Waals surface area contributed by atoms with Gasteiger partial charge >= 0.3 is 0 Å². The number of pyridine rings is 1. The first kappa shape index (κ1) is 16.2. The topological polar surface area (TPSA) is 70.0 Å². The SMILES string of the molecule is Cc1cccc2ncc(C(=O)N[C@H]3C[C@H]4CN(C)CCN4C3)c(=O)n12. The van der Waals surface area contributed by atoms with Gasteiger partial charge in [-0.15, -0.1) is 0 Å². The van der Waals surface area contributed by atoms with Gasteiger partial charge in [0.15, 0.2) is 0 Å². The summed E-state index contributed by atoms with van der Waals surface area (Å²) in [6.07, 6.45) is 2.32. The Bertz CT molecular complexity index is 877. The monoisotopic (exact) mass is 341 g/mol. The Labute approximate surface area is 146 Å². The molecule has 2 saturated heterocycles. The van der Waals surface area contributed by atoms with Crippen LogP contribution in [-0.4, -0.2) is 70.4 Å². The number of piperazine rings is 1. The molecule has 0 saturated carbocycles. The van der Waals surface area contributed by atoms with Crippen molar-refractivity contribution in [1.82, 2.24) is 24.5 Å². The van der Waals surface area contributed by atoms with E-state index in [9.17, 15) is 9.59 Å². The third-order valence-corrected chi connectivity index (χ3v) is 5.32. The Morgan fingerprint density at radius 3 is 2.96 bits per heavy atom. The highest BCUT2D eigenvalue weighted by Gasteiger charge is 2.36. The molecule has 0 spiro atoms. The van der Waals surface area contributed by atoms with Gasteiger partial charge in [-0.3, -0.25) is 18.9 Å². The lowest BCUT2D eigenvalue weighted by atomic mass is 10.1. The number of fused-ring (bicyclic) bond motifs is 2. The molecule has 25 heavy (non-hydrogen) atoms. The smallest absolute Gasteiger partial charge is 0.270 e. The molecule has 132 valence electrons.